The van der Waals surface area contributed by atoms with Gasteiger partial charge in [-0.15, -0.1) is 0 Å². The van der Waals surface area contributed by atoms with Gasteiger partial charge in [-0.3, -0.25) is 4.79 Å². The van der Waals surface area contributed by atoms with Crippen LogP contribution in [0.5, 0.6) is 0 Å². The third-order valence-corrected chi connectivity index (χ3v) is 8.17. The molecule has 0 aliphatic carbocycles. The van der Waals surface area contributed by atoms with E-state index in [9.17, 15) is 17.6 Å². The molecule has 33 heavy (non-hydrogen) atoms. The Labute approximate surface area is 195 Å². The maximum absolute atomic E-state index is 13.5. The van der Waals surface area contributed by atoms with Crippen molar-refractivity contribution in [2.24, 2.45) is 5.92 Å². The minimum atomic E-state index is -3.05. The molecule has 1 aliphatic rings. The van der Waals surface area contributed by atoms with Crippen LogP contribution in [0.3, 0.4) is 0 Å². The van der Waals surface area contributed by atoms with Gasteiger partial charge in [-0.05, 0) is 54.8 Å². The van der Waals surface area contributed by atoms with E-state index < -0.39 is 9.84 Å². The van der Waals surface area contributed by atoms with E-state index in [4.69, 9.17) is 16.7 Å². The third kappa shape index (κ3) is 4.30. The molecule has 0 bridgehead atoms. The number of carbonyl (C=O) groups excluding carboxylic acids is 1. The number of carbonyl (C=O) groups is 1. The van der Waals surface area contributed by atoms with E-state index in [-0.39, 0.29) is 35.4 Å². The summed E-state index contributed by atoms with van der Waals surface area (Å²) in [7, 11) is -3.05. The molecule has 1 saturated heterocycles. The Hall–Kier alpha value is -3.03. The van der Waals surface area contributed by atoms with Crippen LogP contribution in [0.4, 0.5) is 4.39 Å². The van der Waals surface area contributed by atoms with E-state index in [2.05, 4.69) is 0 Å². The number of hydrogen-bond donors (Lipinski definition) is 0. The Balaban J connectivity index is 1.60. The molecular weight excluding hydrogens is 463 g/mol. The van der Waals surface area contributed by atoms with Crippen molar-refractivity contribution in [3.63, 3.8) is 0 Å². The van der Waals surface area contributed by atoms with Crippen LogP contribution in [0.15, 0.2) is 66.7 Å². The summed E-state index contributed by atoms with van der Waals surface area (Å²) in [5.74, 6) is -0.416. The van der Waals surface area contributed by atoms with E-state index in [0.717, 1.165) is 10.9 Å². The van der Waals surface area contributed by atoms with Crippen molar-refractivity contribution in [1.29, 1.82) is 0 Å². The molecule has 1 fully saturated rings. The topological polar surface area (TPSA) is 69.0 Å². The highest BCUT2D eigenvalue weighted by Crippen LogP contribution is 2.35. The average Bonchev–Trinajstić information content (AvgIpc) is 3.33. The first-order valence-corrected chi connectivity index (χ1v) is 12.8. The Kier molecular flexibility index (Phi) is 5.54. The zero-order chi connectivity index (χ0) is 23.2. The van der Waals surface area contributed by atoms with Crippen molar-refractivity contribution in [3.05, 3.63) is 83.1 Å². The van der Waals surface area contributed by atoms with Gasteiger partial charge in [-0.25, -0.2) is 17.5 Å². The molecule has 0 amide bonds. The number of nitrogens with zero attached hydrogens (tertiary/aromatic N) is 2. The molecule has 1 atom stereocenters. The van der Waals surface area contributed by atoms with E-state index in [1.165, 1.54) is 12.1 Å². The summed E-state index contributed by atoms with van der Waals surface area (Å²) in [6.07, 6.45) is 0.702. The van der Waals surface area contributed by atoms with E-state index in [1.54, 1.807) is 35.0 Å². The number of hydrogen-bond acceptors (Lipinski definition) is 4. The van der Waals surface area contributed by atoms with Gasteiger partial charge in [-0.1, -0.05) is 35.9 Å². The fourth-order valence-electron chi connectivity index (χ4n) is 4.33. The number of Topliss-reactive ketones (excluding diaryl/α,β-unsaturated/α-hetero) is 1. The third-order valence-electron chi connectivity index (χ3n) is 6.00. The van der Waals surface area contributed by atoms with Gasteiger partial charge in [0.15, 0.2) is 15.6 Å². The van der Waals surface area contributed by atoms with E-state index >= 15 is 0 Å². The summed E-state index contributed by atoms with van der Waals surface area (Å²) in [5.41, 5.74) is 3.22. The highest BCUT2D eigenvalue weighted by molar-refractivity contribution is 7.91. The van der Waals surface area contributed by atoms with Gasteiger partial charge in [0.05, 0.1) is 27.7 Å². The second-order valence-corrected chi connectivity index (χ2v) is 11.0. The molecule has 5 rings (SSSR count). The van der Waals surface area contributed by atoms with Gasteiger partial charge in [0, 0.05) is 22.9 Å². The summed E-state index contributed by atoms with van der Waals surface area (Å²) in [4.78, 5) is 13.0. The predicted octanol–water partition coefficient (Wildman–Crippen LogP) is 5.49. The zero-order valence-electron chi connectivity index (χ0n) is 17.5. The lowest BCUT2D eigenvalue weighted by Gasteiger charge is -2.08. The lowest BCUT2D eigenvalue weighted by Crippen LogP contribution is -2.11. The van der Waals surface area contributed by atoms with Gasteiger partial charge in [0.1, 0.15) is 11.5 Å². The van der Waals surface area contributed by atoms with Crippen LogP contribution in [-0.4, -0.2) is 35.5 Å². The van der Waals surface area contributed by atoms with Crippen molar-refractivity contribution in [3.8, 4) is 16.9 Å². The van der Waals surface area contributed by atoms with Crippen molar-refractivity contribution < 1.29 is 17.6 Å². The van der Waals surface area contributed by atoms with Crippen LogP contribution >= 0.6 is 11.6 Å². The van der Waals surface area contributed by atoms with Crippen LogP contribution in [-0.2, 0) is 9.84 Å². The highest BCUT2D eigenvalue weighted by Gasteiger charge is 2.30. The van der Waals surface area contributed by atoms with Gasteiger partial charge in [0.2, 0.25) is 0 Å². The number of fused-ring (bicyclic) bond motifs is 1. The molecule has 0 saturated carbocycles. The lowest BCUT2D eigenvalue weighted by molar-refractivity contribution is 0.0966. The van der Waals surface area contributed by atoms with Crippen LogP contribution in [0, 0.1) is 11.7 Å². The normalized spacial score (nSPS) is 17.5. The molecule has 0 N–H and O–H groups in total. The SMILES string of the molecule is O=C(CC1CCS(=O)(=O)C1)c1ccc2c(-c3ccccc3Cl)nn(-c3ccc(F)cc3)c2c1. The standard InChI is InChI=1S/C25H20ClFN2O3S/c26-22-4-2-1-3-20(22)25-21-10-5-17(24(30)13-16-11-12-33(31,32)15-16)14-23(21)29(28-25)19-8-6-18(27)7-9-19/h1-10,14,16H,11-13,15H2. The Morgan fingerprint density at radius 2 is 1.85 bits per heavy atom. The van der Waals surface area contributed by atoms with Crippen molar-refractivity contribution in [2.75, 3.05) is 11.5 Å². The molecule has 1 aromatic heterocycles. The van der Waals surface area contributed by atoms with Crippen molar-refractivity contribution in [2.45, 2.75) is 12.8 Å². The zero-order valence-corrected chi connectivity index (χ0v) is 19.1. The Morgan fingerprint density at radius 1 is 1.09 bits per heavy atom. The molecule has 1 unspecified atom stereocenters. The summed E-state index contributed by atoms with van der Waals surface area (Å²) >= 11 is 6.43. The smallest absolute Gasteiger partial charge is 0.163 e. The fourth-order valence-corrected chi connectivity index (χ4v) is 6.42. The molecular formula is C25H20ClFN2O3S. The number of benzene rings is 3. The maximum Gasteiger partial charge on any atom is 0.163 e. The molecule has 3 aromatic carbocycles. The average molecular weight is 483 g/mol. The van der Waals surface area contributed by atoms with Gasteiger partial charge < -0.3 is 0 Å². The molecule has 5 nitrogen and oxygen atoms in total. The summed E-state index contributed by atoms with van der Waals surface area (Å²) in [6, 6.07) is 18.7. The predicted molar refractivity (Wildman–Crippen MR) is 127 cm³/mol. The Bertz CT molecular complexity index is 1480. The largest absolute Gasteiger partial charge is 0.294 e. The highest BCUT2D eigenvalue weighted by atomic mass is 35.5. The minimum Gasteiger partial charge on any atom is -0.294 e. The van der Waals surface area contributed by atoms with Crippen LogP contribution in [0.25, 0.3) is 27.8 Å². The molecule has 2 heterocycles. The van der Waals surface area contributed by atoms with Gasteiger partial charge >= 0.3 is 0 Å². The molecule has 168 valence electrons. The lowest BCUT2D eigenvalue weighted by atomic mass is 9.97. The fraction of sp³-hybridized carbons (Fsp3) is 0.200. The molecule has 1 aliphatic heterocycles. The van der Waals surface area contributed by atoms with Crippen LogP contribution in [0.1, 0.15) is 23.2 Å². The number of rotatable bonds is 5. The first-order chi connectivity index (χ1) is 15.8. The van der Waals surface area contributed by atoms with E-state index in [1.807, 2.05) is 24.3 Å². The summed E-state index contributed by atoms with van der Waals surface area (Å²) in [6.45, 7) is 0. The monoisotopic (exact) mass is 482 g/mol. The summed E-state index contributed by atoms with van der Waals surface area (Å²) < 4.78 is 38.7. The van der Waals surface area contributed by atoms with Crippen LogP contribution < -0.4 is 0 Å². The number of aromatic nitrogens is 2. The number of sulfone groups is 1. The Morgan fingerprint density at radius 3 is 2.55 bits per heavy atom. The molecule has 0 radical (unpaired) electrons. The first kappa shape index (κ1) is 21.8. The van der Waals surface area contributed by atoms with Crippen molar-refractivity contribution in [1.82, 2.24) is 9.78 Å². The van der Waals surface area contributed by atoms with Gasteiger partial charge in [-0.2, -0.15) is 5.10 Å². The summed E-state index contributed by atoms with van der Waals surface area (Å²) in [5, 5.41) is 6.11. The quantitative estimate of drug-likeness (QED) is 0.352. The van der Waals surface area contributed by atoms with E-state index in [0.29, 0.717) is 33.9 Å². The minimum absolute atomic E-state index is 0.0607. The first-order valence-electron chi connectivity index (χ1n) is 10.6. The maximum atomic E-state index is 13.5. The molecule has 4 aromatic rings. The number of ketones is 1. The molecule has 8 heteroatoms. The van der Waals surface area contributed by atoms with Gasteiger partial charge in [0.25, 0.3) is 0 Å². The second-order valence-electron chi connectivity index (χ2n) is 8.34. The van der Waals surface area contributed by atoms with Crippen LogP contribution in [0.2, 0.25) is 5.02 Å². The second kappa shape index (κ2) is 8.39. The molecule has 0 spiro atoms. The van der Waals surface area contributed by atoms with Crippen molar-refractivity contribution >= 4 is 38.1 Å². The number of halogens is 2.